The van der Waals surface area contributed by atoms with Crippen LogP contribution >= 0.6 is 11.6 Å². The zero-order chi connectivity index (χ0) is 12.4. The van der Waals surface area contributed by atoms with Gasteiger partial charge in [-0.2, -0.15) is 0 Å². The van der Waals surface area contributed by atoms with E-state index in [1.807, 2.05) is 6.92 Å². The van der Waals surface area contributed by atoms with Gasteiger partial charge in [0.25, 0.3) is 5.69 Å². The molecule has 0 saturated heterocycles. The van der Waals surface area contributed by atoms with Crippen molar-refractivity contribution in [2.75, 3.05) is 11.9 Å². The highest BCUT2D eigenvalue weighted by Gasteiger charge is 2.16. The lowest BCUT2D eigenvalue weighted by Crippen LogP contribution is -2.01. The van der Waals surface area contributed by atoms with Crippen LogP contribution in [0.4, 0.5) is 11.4 Å². The molecule has 0 bridgehead atoms. The first-order valence-corrected chi connectivity index (χ1v) is 5.33. The standard InChI is InChI=1S/C10H9ClN4O2/c1-2-12-8-4-7-6(3-9(8)15(16)17)10(11)14-5-13-7/h3-5,12H,2H2,1H3. The zero-order valence-electron chi connectivity index (χ0n) is 8.98. The molecule has 0 radical (unpaired) electrons. The van der Waals surface area contributed by atoms with Gasteiger partial charge in [-0.3, -0.25) is 10.1 Å². The lowest BCUT2D eigenvalue weighted by atomic mass is 10.2. The van der Waals surface area contributed by atoms with E-state index in [0.717, 1.165) is 0 Å². The van der Waals surface area contributed by atoms with Gasteiger partial charge in [-0.1, -0.05) is 11.6 Å². The number of nitro benzene ring substituents is 1. The SMILES string of the molecule is CCNc1cc2ncnc(Cl)c2cc1[N+](=O)[O-]. The maximum absolute atomic E-state index is 10.9. The Kier molecular flexibility index (Phi) is 3.06. The largest absolute Gasteiger partial charge is 0.380 e. The van der Waals surface area contributed by atoms with E-state index in [0.29, 0.717) is 23.1 Å². The number of aromatic nitrogens is 2. The third kappa shape index (κ3) is 2.12. The summed E-state index contributed by atoms with van der Waals surface area (Å²) in [6.45, 7) is 2.45. The van der Waals surface area contributed by atoms with Gasteiger partial charge in [0.2, 0.25) is 0 Å². The molecule has 1 aromatic heterocycles. The number of anilines is 1. The minimum atomic E-state index is -0.458. The minimum absolute atomic E-state index is 0.0314. The lowest BCUT2D eigenvalue weighted by Gasteiger charge is -2.06. The molecule has 0 saturated carbocycles. The molecule has 1 aromatic carbocycles. The summed E-state index contributed by atoms with van der Waals surface area (Å²) >= 11 is 5.87. The van der Waals surface area contributed by atoms with E-state index in [-0.39, 0.29) is 10.8 Å². The summed E-state index contributed by atoms with van der Waals surface area (Å²) in [5.74, 6) is 0. The molecule has 0 spiro atoms. The van der Waals surface area contributed by atoms with E-state index in [2.05, 4.69) is 15.3 Å². The van der Waals surface area contributed by atoms with Crippen LogP contribution in [0, 0.1) is 10.1 Å². The molecule has 0 unspecified atom stereocenters. The Labute approximate surface area is 102 Å². The highest BCUT2D eigenvalue weighted by Crippen LogP contribution is 2.31. The summed E-state index contributed by atoms with van der Waals surface area (Å²) in [7, 11) is 0. The van der Waals surface area contributed by atoms with Crippen molar-refractivity contribution in [3.8, 4) is 0 Å². The molecule has 88 valence electrons. The summed E-state index contributed by atoms with van der Waals surface area (Å²) in [5, 5.41) is 14.5. The number of hydrogen-bond donors (Lipinski definition) is 1. The molecule has 0 aliphatic heterocycles. The van der Waals surface area contributed by atoms with Crippen molar-refractivity contribution in [2.45, 2.75) is 6.92 Å². The van der Waals surface area contributed by atoms with Gasteiger partial charge in [0, 0.05) is 18.0 Å². The van der Waals surface area contributed by atoms with Crippen molar-refractivity contribution in [1.82, 2.24) is 9.97 Å². The minimum Gasteiger partial charge on any atom is -0.380 e. The van der Waals surface area contributed by atoms with Gasteiger partial charge < -0.3 is 5.32 Å². The fourth-order valence-corrected chi connectivity index (χ4v) is 1.74. The van der Waals surface area contributed by atoms with Gasteiger partial charge in [-0.15, -0.1) is 0 Å². The number of nitrogens with zero attached hydrogens (tertiary/aromatic N) is 3. The molecule has 0 amide bonds. The number of nitrogens with one attached hydrogen (secondary N) is 1. The number of benzene rings is 1. The molecule has 6 nitrogen and oxygen atoms in total. The lowest BCUT2D eigenvalue weighted by molar-refractivity contribution is -0.383. The highest BCUT2D eigenvalue weighted by molar-refractivity contribution is 6.34. The number of halogens is 1. The Morgan fingerprint density at radius 3 is 2.88 bits per heavy atom. The average molecular weight is 253 g/mol. The third-order valence-corrected chi connectivity index (χ3v) is 2.57. The Bertz CT molecular complexity index is 588. The molecule has 2 aromatic rings. The highest BCUT2D eigenvalue weighted by atomic mass is 35.5. The van der Waals surface area contributed by atoms with E-state index in [1.54, 1.807) is 6.07 Å². The van der Waals surface area contributed by atoms with Crippen LogP contribution in [0.5, 0.6) is 0 Å². The van der Waals surface area contributed by atoms with Crippen molar-refractivity contribution in [3.05, 3.63) is 33.7 Å². The first kappa shape index (κ1) is 11.5. The van der Waals surface area contributed by atoms with Crippen LogP contribution < -0.4 is 5.32 Å². The van der Waals surface area contributed by atoms with Crippen LogP contribution in [0.3, 0.4) is 0 Å². The molecule has 1 heterocycles. The normalized spacial score (nSPS) is 10.5. The average Bonchev–Trinajstić information content (AvgIpc) is 2.29. The van der Waals surface area contributed by atoms with Crippen molar-refractivity contribution in [1.29, 1.82) is 0 Å². The molecular weight excluding hydrogens is 244 g/mol. The Hall–Kier alpha value is -1.95. The van der Waals surface area contributed by atoms with Crippen molar-refractivity contribution in [3.63, 3.8) is 0 Å². The topological polar surface area (TPSA) is 81.0 Å². The maximum Gasteiger partial charge on any atom is 0.293 e. The van der Waals surface area contributed by atoms with Crippen LogP contribution in [0.2, 0.25) is 5.15 Å². The van der Waals surface area contributed by atoms with E-state index in [9.17, 15) is 10.1 Å². The van der Waals surface area contributed by atoms with E-state index in [4.69, 9.17) is 11.6 Å². The van der Waals surface area contributed by atoms with Gasteiger partial charge in [-0.25, -0.2) is 9.97 Å². The fraction of sp³-hybridized carbons (Fsp3) is 0.200. The predicted octanol–water partition coefficient (Wildman–Crippen LogP) is 2.62. The number of nitro groups is 1. The molecule has 0 aliphatic carbocycles. The summed E-state index contributed by atoms with van der Waals surface area (Å²) in [6.07, 6.45) is 1.33. The van der Waals surface area contributed by atoms with Gasteiger partial charge in [0.15, 0.2) is 0 Å². The molecule has 0 aliphatic rings. The second-order valence-corrected chi connectivity index (χ2v) is 3.70. The Morgan fingerprint density at radius 2 is 2.24 bits per heavy atom. The van der Waals surface area contributed by atoms with Gasteiger partial charge in [0.05, 0.1) is 10.4 Å². The molecule has 1 N–H and O–H groups in total. The zero-order valence-corrected chi connectivity index (χ0v) is 9.73. The third-order valence-electron chi connectivity index (χ3n) is 2.27. The van der Waals surface area contributed by atoms with Crippen molar-refractivity contribution < 1.29 is 4.92 Å². The first-order valence-electron chi connectivity index (χ1n) is 4.96. The molecular formula is C10H9ClN4O2. The maximum atomic E-state index is 10.9. The summed E-state index contributed by atoms with van der Waals surface area (Å²) in [4.78, 5) is 18.3. The van der Waals surface area contributed by atoms with E-state index < -0.39 is 4.92 Å². The van der Waals surface area contributed by atoms with Crippen LogP contribution in [0.15, 0.2) is 18.5 Å². The van der Waals surface area contributed by atoms with Crippen molar-refractivity contribution >= 4 is 33.9 Å². The molecule has 7 heteroatoms. The van der Waals surface area contributed by atoms with Crippen LogP contribution in [0.1, 0.15) is 6.92 Å². The second-order valence-electron chi connectivity index (χ2n) is 3.34. The smallest absolute Gasteiger partial charge is 0.293 e. The first-order chi connectivity index (χ1) is 8.13. The summed E-state index contributed by atoms with van der Waals surface area (Å²) in [5.41, 5.74) is 0.974. The van der Waals surface area contributed by atoms with Gasteiger partial charge >= 0.3 is 0 Å². The molecule has 0 fully saturated rings. The van der Waals surface area contributed by atoms with E-state index >= 15 is 0 Å². The molecule has 17 heavy (non-hydrogen) atoms. The number of fused-ring (bicyclic) bond motifs is 1. The van der Waals surface area contributed by atoms with Gasteiger partial charge in [-0.05, 0) is 13.0 Å². The second kappa shape index (κ2) is 4.50. The van der Waals surface area contributed by atoms with Crippen LogP contribution in [-0.4, -0.2) is 21.4 Å². The fourth-order valence-electron chi connectivity index (χ4n) is 1.54. The number of rotatable bonds is 3. The summed E-state index contributed by atoms with van der Waals surface area (Å²) in [6, 6.07) is 2.99. The molecule has 2 rings (SSSR count). The summed E-state index contributed by atoms with van der Waals surface area (Å²) < 4.78 is 0. The van der Waals surface area contributed by atoms with Crippen LogP contribution in [0.25, 0.3) is 10.9 Å². The predicted molar refractivity (Wildman–Crippen MR) is 65.4 cm³/mol. The Balaban J connectivity index is 2.72. The molecule has 0 atom stereocenters. The van der Waals surface area contributed by atoms with Gasteiger partial charge in [0.1, 0.15) is 17.2 Å². The van der Waals surface area contributed by atoms with E-state index in [1.165, 1.54) is 12.4 Å². The van der Waals surface area contributed by atoms with Crippen molar-refractivity contribution in [2.24, 2.45) is 0 Å². The number of hydrogen-bond acceptors (Lipinski definition) is 5. The Morgan fingerprint density at radius 1 is 1.47 bits per heavy atom. The van der Waals surface area contributed by atoms with Crippen LogP contribution in [-0.2, 0) is 0 Å². The quantitative estimate of drug-likeness (QED) is 0.516. The monoisotopic (exact) mass is 252 g/mol.